The van der Waals surface area contributed by atoms with Crippen LogP contribution in [0, 0.1) is 5.92 Å². The molecule has 1 fully saturated rings. The monoisotopic (exact) mass is 271 g/mol. The van der Waals surface area contributed by atoms with Gasteiger partial charge in [0.15, 0.2) is 0 Å². The zero-order valence-electron chi connectivity index (χ0n) is 10.5. The average Bonchev–Trinajstić information content (AvgIpc) is 3.12. The summed E-state index contributed by atoms with van der Waals surface area (Å²) in [6.45, 7) is 1.88. The number of carbonyl (C=O) groups excluding carboxylic acids is 1. The van der Waals surface area contributed by atoms with Crippen LogP contribution in [-0.4, -0.2) is 18.0 Å². The summed E-state index contributed by atoms with van der Waals surface area (Å²) in [7, 11) is 1.54. The average molecular weight is 272 g/mol. The molecule has 1 unspecified atom stereocenters. The van der Waals surface area contributed by atoms with Crippen molar-refractivity contribution in [1.82, 2.24) is 4.98 Å². The van der Waals surface area contributed by atoms with Gasteiger partial charge in [-0.15, -0.1) is 12.4 Å². The minimum Gasteiger partial charge on any atom is -0.481 e. The van der Waals surface area contributed by atoms with E-state index in [1.54, 1.807) is 19.2 Å². The summed E-state index contributed by atoms with van der Waals surface area (Å²) in [5, 5.41) is 2.79. The molecule has 1 aliphatic rings. The predicted octanol–water partition coefficient (Wildman–Crippen LogP) is 1.88. The molecule has 6 heteroatoms. The van der Waals surface area contributed by atoms with Gasteiger partial charge in [-0.1, -0.05) is 0 Å². The number of methoxy groups -OCH3 is 1. The summed E-state index contributed by atoms with van der Waals surface area (Å²) in [6.07, 6.45) is 1.94. The molecule has 0 bridgehead atoms. The SMILES string of the molecule is COc1cc(C(C)N)cc(NC(=O)C2CC2)n1.Cl. The van der Waals surface area contributed by atoms with Crippen LogP contribution in [-0.2, 0) is 4.79 Å². The van der Waals surface area contributed by atoms with Gasteiger partial charge in [-0.25, -0.2) is 0 Å². The van der Waals surface area contributed by atoms with Crippen LogP contribution < -0.4 is 15.8 Å². The van der Waals surface area contributed by atoms with E-state index in [-0.39, 0.29) is 30.3 Å². The lowest BCUT2D eigenvalue weighted by Crippen LogP contribution is -2.15. The fourth-order valence-corrected chi connectivity index (χ4v) is 1.53. The number of pyridine rings is 1. The number of nitrogens with two attached hydrogens (primary N) is 1. The highest BCUT2D eigenvalue weighted by Gasteiger charge is 2.29. The van der Waals surface area contributed by atoms with Crippen molar-refractivity contribution in [1.29, 1.82) is 0 Å². The van der Waals surface area contributed by atoms with E-state index in [0.717, 1.165) is 18.4 Å². The molecule has 1 heterocycles. The lowest BCUT2D eigenvalue weighted by atomic mass is 10.1. The van der Waals surface area contributed by atoms with Crippen LogP contribution in [0.1, 0.15) is 31.4 Å². The number of ether oxygens (including phenoxy) is 1. The highest BCUT2D eigenvalue weighted by molar-refractivity contribution is 5.93. The van der Waals surface area contributed by atoms with Gasteiger partial charge in [0.05, 0.1) is 7.11 Å². The molecule has 0 spiro atoms. The Morgan fingerprint density at radius 1 is 1.56 bits per heavy atom. The number of amides is 1. The Morgan fingerprint density at radius 2 is 2.22 bits per heavy atom. The molecule has 3 N–H and O–H groups in total. The molecule has 0 aromatic carbocycles. The molecule has 100 valence electrons. The zero-order valence-corrected chi connectivity index (χ0v) is 11.3. The summed E-state index contributed by atoms with van der Waals surface area (Å²) in [6, 6.07) is 3.44. The van der Waals surface area contributed by atoms with Gasteiger partial charge >= 0.3 is 0 Å². The Kier molecular flexibility index (Phi) is 4.93. The second-order valence-electron chi connectivity index (χ2n) is 4.38. The van der Waals surface area contributed by atoms with Gasteiger partial charge in [-0.2, -0.15) is 4.98 Å². The van der Waals surface area contributed by atoms with E-state index < -0.39 is 0 Å². The normalized spacial score (nSPS) is 15.5. The molecule has 1 aliphatic carbocycles. The molecular weight excluding hydrogens is 254 g/mol. The van der Waals surface area contributed by atoms with Crippen LogP contribution in [0.4, 0.5) is 5.82 Å². The van der Waals surface area contributed by atoms with Crippen molar-refractivity contribution in [3.8, 4) is 5.88 Å². The highest BCUT2D eigenvalue weighted by Crippen LogP contribution is 2.30. The van der Waals surface area contributed by atoms with Crippen molar-refractivity contribution in [3.63, 3.8) is 0 Å². The van der Waals surface area contributed by atoms with Gasteiger partial charge in [0, 0.05) is 18.0 Å². The van der Waals surface area contributed by atoms with Crippen molar-refractivity contribution in [3.05, 3.63) is 17.7 Å². The third-order valence-corrected chi connectivity index (χ3v) is 2.76. The van der Waals surface area contributed by atoms with Gasteiger partial charge in [0.1, 0.15) is 5.82 Å². The van der Waals surface area contributed by atoms with Crippen LogP contribution >= 0.6 is 12.4 Å². The Balaban J connectivity index is 0.00000162. The molecule has 18 heavy (non-hydrogen) atoms. The third kappa shape index (κ3) is 3.58. The van der Waals surface area contributed by atoms with Gasteiger partial charge in [-0.3, -0.25) is 4.79 Å². The molecule has 1 aromatic rings. The highest BCUT2D eigenvalue weighted by atomic mass is 35.5. The summed E-state index contributed by atoms with van der Waals surface area (Å²) in [5.41, 5.74) is 6.70. The first-order valence-corrected chi connectivity index (χ1v) is 5.72. The van der Waals surface area contributed by atoms with Crippen LogP contribution in [0.15, 0.2) is 12.1 Å². The largest absolute Gasteiger partial charge is 0.481 e. The molecule has 5 nitrogen and oxygen atoms in total. The van der Waals surface area contributed by atoms with Crippen LogP contribution in [0.25, 0.3) is 0 Å². The number of anilines is 1. The van der Waals surface area contributed by atoms with Crippen molar-refractivity contribution in [2.75, 3.05) is 12.4 Å². The Bertz CT molecular complexity index is 433. The number of aromatic nitrogens is 1. The standard InChI is InChI=1S/C12H17N3O2.ClH/c1-7(13)9-5-10(14-11(6-9)17-2)15-12(16)8-3-4-8;/h5-8H,3-4,13H2,1-2H3,(H,14,15,16);1H. The minimum atomic E-state index is -0.122. The minimum absolute atomic E-state index is 0. The maximum Gasteiger partial charge on any atom is 0.228 e. The van der Waals surface area contributed by atoms with Crippen LogP contribution in [0.3, 0.4) is 0 Å². The van der Waals surface area contributed by atoms with Gasteiger partial charge in [0.25, 0.3) is 0 Å². The lowest BCUT2D eigenvalue weighted by molar-refractivity contribution is -0.117. The molecule has 2 rings (SSSR count). The van der Waals surface area contributed by atoms with E-state index in [0.29, 0.717) is 11.7 Å². The summed E-state index contributed by atoms with van der Waals surface area (Å²) >= 11 is 0. The Labute approximate surface area is 113 Å². The van der Waals surface area contributed by atoms with E-state index in [9.17, 15) is 4.79 Å². The molecular formula is C12H18ClN3O2. The number of nitrogens with zero attached hydrogens (tertiary/aromatic N) is 1. The Morgan fingerprint density at radius 3 is 2.72 bits per heavy atom. The summed E-state index contributed by atoms with van der Waals surface area (Å²) in [4.78, 5) is 15.8. The molecule has 1 atom stereocenters. The second-order valence-corrected chi connectivity index (χ2v) is 4.38. The first-order valence-electron chi connectivity index (χ1n) is 5.72. The van der Waals surface area contributed by atoms with Crippen molar-refractivity contribution in [2.24, 2.45) is 11.7 Å². The second kappa shape index (κ2) is 6.02. The molecule has 0 aliphatic heterocycles. The molecule has 1 saturated carbocycles. The number of hydrogen-bond donors (Lipinski definition) is 2. The first-order chi connectivity index (χ1) is 8.10. The first kappa shape index (κ1) is 14.7. The van der Waals surface area contributed by atoms with Gasteiger partial charge in [-0.05, 0) is 31.4 Å². The van der Waals surface area contributed by atoms with E-state index in [4.69, 9.17) is 10.5 Å². The number of nitrogens with one attached hydrogen (secondary N) is 1. The number of rotatable bonds is 4. The lowest BCUT2D eigenvalue weighted by Gasteiger charge is -2.11. The van der Waals surface area contributed by atoms with Crippen LogP contribution in [0.5, 0.6) is 5.88 Å². The topological polar surface area (TPSA) is 77.2 Å². The molecule has 1 aromatic heterocycles. The van der Waals surface area contributed by atoms with E-state index >= 15 is 0 Å². The maximum atomic E-state index is 11.6. The Hall–Kier alpha value is -1.33. The maximum absolute atomic E-state index is 11.6. The van der Waals surface area contributed by atoms with Crippen molar-refractivity contribution >= 4 is 24.1 Å². The summed E-state index contributed by atoms with van der Waals surface area (Å²) in [5.74, 6) is 1.16. The smallest absolute Gasteiger partial charge is 0.228 e. The fraction of sp³-hybridized carbons (Fsp3) is 0.500. The van der Waals surface area contributed by atoms with E-state index in [1.165, 1.54) is 0 Å². The quantitative estimate of drug-likeness (QED) is 0.877. The van der Waals surface area contributed by atoms with Crippen molar-refractivity contribution in [2.45, 2.75) is 25.8 Å². The number of halogens is 1. The fourth-order valence-electron chi connectivity index (χ4n) is 1.53. The van der Waals surface area contributed by atoms with Gasteiger partial charge < -0.3 is 15.8 Å². The van der Waals surface area contributed by atoms with Crippen LogP contribution in [0.2, 0.25) is 0 Å². The zero-order chi connectivity index (χ0) is 12.4. The number of hydrogen-bond acceptors (Lipinski definition) is 4. The molecule has 1 amide bonds. The molecule has 0 radical (unpaired) electrons. The summed E-state index contributed by atoms with van der Waals surface area (Å²) < 4.78 is 5.09. The third-order valence-electron chi connectivity index (χ3n) is 2.76. The number of carbonyl (C=O) groups is 1. The van der Waals surface area contributed by atoms with E-state index in [1.807, 2.05) is 6.92 Å². The van der Waals surface area contributed by atoms with E-state index in [2.05, 4.69) is 10.3 Å². The van der Waals surface area contributed by atoms with Gasteiger partial charge in [0.2, 0.25) is 11.8 Å². The van der Waals surface area contributed by atoms with Crippen molar-refractivity contribution < 1.29 is 9.53 Å². The predicted molar refractivity (Wildman–Crippen MR) is 72.0 cm³/mol. The molecule has 0 saturated heterocycles.